The lowest BCUT2D eigenvalue weighted by molar-refractivity contribution is 0.141. The van der Waals surface area contributed by atoms with Crippen molar-refractivity contribution in [2.45, 2.75) is 29.9 Å². The molecule has 0 saturated heterocycles. The smallest absolute Gasteiger partial charge is 0.137 e. The third kappa shape index (κ3) is 1.55. The van der Waals surface area contributed by atoms with E-state index in [1.807, 2.05) is 0 Å². The highest BCUT2D eigenvalue weighted by atomic mass is 35.5. The van der Waals surface area contributed by atoms with Crippen LogP contribution in [0.1, 0.15) is 18.9 Å². The van der Waals surface area contributed by atoms with E-state index in [0.717, 1.165) is 12.8 Å². The molecule has 2 rings (SSSR count). The van der Waals surface area contributed by atoms with E-state index >= 15 is 0 Å². The topological polar surface area (TPSA) is 50.9 Å². The van der Waals surface area contributed by atoms with Gasteiger partial charge in [-0.15, -0.1) is 18.2 Å². The summed E-state index contributed by atoms with van der Waals surface area (Å²) in [5.74, 6) is 0. The summed E-state index contributed by atoms with van der Waals surface area (Å²) in [4.78, 5) is 3.48. The zero-order valence-electron chi connectivity index (χ0n) is 7.67. The maximum absolute atomic E-state index is 9.77. The fourth-order valence-corrected chi connectivity index (χ4v) is 1.93. The van der Waals surface area contributed by atoms with Gasteiger partial charge in [0.25, 0.3) is 0 Å². The molecule has 0 spiro atoms. The minimum atomic E-state index is -0.684. The van der Waals surface area contributed by atoms with Crippen molar-refractivity contribution in [2.75, 3.05) is 0 Å². The molecule has 1 N–H and O–H groups in total. The quantitative estimate of drug-likeness (QED) is 0.603. The number of aliphatic hydroxyl groups excluding tert-OH is 1. The Morgan fingerprint density at radius 3 is 2.79 bits per heavy atom. The number of halogens is 1. The van der Waals surface area contributed by atoms with E-state index in [9.17, 15) is 5.11 Å². The normalized spacial score (nSPS) is 22.7. The van der Waals surface area contributed by atoms with Gasteiger partial charge >= 0.3 is 0 Å². The lowest BCUT2D eigenvalue weighted by Gasteiger charge is -2.24. The largest absolute Gasteiger partial charge is 0.387 e. The van der Waals surface area contributed by atoms with Crippen LogP contribution in [0.3, 0.4) is 0 Å². The number of aromatic nitrogens is 3. The Balaban J connectivity index is 2.27. The first kappa shape index (κ1) is 9.68. The Kier molecular flexibility index (Phi) is 2.33. The molecule has 4 nitrogen and oxygen atoms in total. The molecule has 1 aromatic rings. The van der Waals surface area contributed by atoms with Crippen molar-refractivity contribution >= 4 is 11.6 Å². The molecule has 0 bridgehead atoms. The predicted molar refractivity (Wildman–Crippen MR) is 53.1 cm³/mol. The molecular weight excluding hydrogens is 202 g/mol. The first-order valence-electron chi connectivity index (χ1n) is 4.51. The molecule has 2 atom stereocenters. The van der Waals surface area contributed by atoms with Crippen molar-refractivity contribution in [3.05, 3.63) is 25.3 Å². The molecule has 0 aromatic carbocycles. The SMILES string of the molecule is C=C[C@@H](O)[C@H](n1cncn1)C1(Cl)CC1. The van der Waals surface area contributed by atoms with E-state index in [2.05, 4.69) is 16.7 Å². The van der Waals surface area contributed by atoms with Crippen molar-refractivity contribution < 1.29 is 5.11 Å². The van der Waals surface area contributed by atoms with Crippen LogP contribution < -0.4 is 0 Å². The third-order valence-corrected chi connectivity index (χ3v) is 3.15. The van der Waals surface area contributed by atoms with Crippen LogP contribution in [-0.2, 0) is 0 Å². The number of hydrogen-bond donors (Lipinski definition) is 1. The number of nitrogens with zero attached hydrogens (tertiary/aromatic N) is 3. The monoisotopic (exact) mass is 213 g/mol. The number of alkyl halides is 1. The van der Waals surface area contributed by atoms with Gasteiger partial charge in [0.1, 0.15) is 18.7 Å². The Morgan fingerprint density at radius 1 is 1.64 bits per heavy atom. The van der Waals surface area contributed by atoms with Crippen LogP contribution in [-0.4, -0.2) is 30.8 Å². The third-order valence-electron chi connectivity index (χ3n) is 2.54. The molecule has 0 unspecified atom stereocenters. The van der Waals surface area contributed by atoms with E-state index in [-0.39, 0.29) is 10.9 Å². The Hall–Kier alpha value is -0.870. The minimum absolute atomic E-state index is 0.260. The lowest BCUT2D eigenvalue weighted by Crippen LogP contribution is -2.32. The Bertz CT molecular complexity index is 321. The van der Waals surface area contributed by atoms with Gasteiger partial charge < -0.3 is 5.11 Å². The van der Waals surface area contributed by atoms with Crippen LogP contribution in [0.4, 0.5) is 0 Å². The molecule has 1 saturated carbocycles. The molecule has 1 aliphatic carbocycles. The maximum Gasteiger partial charge on any atom is 0.137 e. The summed E-state index contributed by atoms with van der Waals surface area (Å²) in [6.45, 7) is 3.56. The number of aliphatic hydroxyl groups is 1. The molecule has 1 aromatic heterocycles. The molecule has 5 heteroatoms. The lowest BCUT2D eigenvalue weighted by atomic mass is 10.1. The molecule has 76 valence electrons. The van der Waals surface area contributed by atoms with Crippen LogP contribution >= 0.6 is 11.6 Å². The van der Waals surface area contributed by atoms with Gasteiger partial charge in [-0.25, -0.2) is 9.67 Å². The van der Waals surface area contributed by atoms with E-state index in [1.165, 1.54) is 12.4 Å². The number of hydrogen-bond acceptors (Lipinski definition) is 3. The fraction of sp³-hybridized carbons (Fsp3) is 0.556. The summed E-state index contributed by atoms with van der Waals surface area (Å²) in [6.07, 6.45) is 5.59. The molecule has 1 aliphatic rings. The summed E-state index contributed by atoms with van der Waals surface area (Å²) >= 11 is 6.28. The van der Waals surface area contributed by atoms with Gasteiger partial charge in [-0.05, 0) is 12.8 Å². The molecular formula is C9H12ClN3O. The van der Waals surface area contributed by atoms with Crippen LogP contribution in [0.2, 0.25) is 0 Å². The second-order valence-corrected chi connectivity index (χ2v) is 4.33. The molecule has 0 aliphatic heterocycles. The van der Waals surface area contributed by atoms with Crippen LogP contribution in [0.25, 0.3) is 0 Å². The molecule has 14 heavy (non-hydrogen) atoms. The Morgan fingerprint density at radius 2 is 2.36 bits per heavy atom. The van der Waals surface area contributed by atoms with Gasteiger partial charge in [0.05, 0.1) is 11.0 Å². The fourth-order valence-electron chi connectivity index (χ4n) is 1.60. The average molecular weight is 214 g/mol. The summed E-state index contributed by atoms with van der Waals surface area (Å²) in [6, 6.07) is -0.260. The van der Waals surface area contributed by atoms with Crippen LogP contribution in [0.15, 0.2) is 25.3 Å². The summed E-state index contributed by atoms with van der Waals surface area (Å²) < 4.78 is 1.60. The van der Waals surface area contributed by atoms with E-state index in [4.69, 9.17) is 11.6 Å². The number of rotatable bonds is 4. The minimum Gasteiger partial charge on any atom is -0.387 e. The van der Waals surface area contributed by atoms with Gasteiger partial charge in [-0.2, -0.15) is 5.10 Å². The zero-order chi connectivity index (χ0) is 10.2. The maximum atomic E-state index is 9.77. The summed E-state index contributed by atoms with van der Waals surface area (Å²) in [5.41, 5.74) is 0. The molecule has 0 amide bonds. The van der Waals surface area contributed by atoms with Gasteiger partial charge in [0, 0.05) is 0 Å². The zero-order valence-corrected chi connectivity index (χ0v) is 8.43. The van der Waals surface area contributed by atoms with Crippen molar-refractivity contribution in [3.63, 3.8) is 0 Å². The van der Waals surface area contributed by atoms with Crippen LogP contribution in [0.5, 0.6) is 0 Å². The summed E-state index contributed by atoms with van der Waals surface area (Å²) in [7, 11) is 0. The van der Waals surface area contributed by atoms with Gasteiger partial charge in [-0.1, -0.05) is 6.08 Å². The van der Waals surface area contributed by atoms with Crippen molar-refractivity contribution in [2.24, 2.45) is 0 Å². The average Bonchev–Trinajstić information content (AvgIpc) is 2.69. The van der Waals surface area contributed by atoms with Gasteiger partial charge in [-0.3, -0.25) is 0 Å². The second kappa shape index (κ2) is 3.37. The Labute approximate surface area is 87.2 Å². The predicted octanol–water partition coefficient (Wildman–Crippen LogP) is 1.14. The molecule has 1 fully saturated rings. The van der Waals surface area contributed by atoms with E-state index in [0.29, 0.717) is 0 Å². The van der Waals surface area contributed by atoms with Crippen LogP contribution in [0, 0.1) is 0 Å². The molecule has 1 heterocycles. The van der Waals surface area contributed by atoms with Crippen molar-refractivity contribution in [3.8, 4) is 0 Å². The standard InChI is InChI=1S/C9H12ClN3O/c1-2-7(14)8(9(10)3-4-9)13-6-11-5-12-13/h2,5-8,14H,1,3-4H2/t7-,8+/m1/s1. The summed E-state index contributed by atoms with van der Waals surface area (Å²) in [5, 5.41) is 13.8. The first-order chi connectivity index (χ1) is 6.67. The second-order valence-electron chi connectivity index (χ2n) is 3.58. The highest BCUT2D eigenvalue weighted by molar-refractivity contribution is 6.26. The van der Waals surface area contributed by atoms with Crippen molar-refractivity contribution in [1.29, 1.82) is 0 Å². The van der Waals surface area contributed by atoms with E-state index in [1.54, 1.807) is 11.0 Å². The van der Waals surface area contributed by atoms with Gasteiger partial charge in [0.15, 0.2) is 0 Å². The first-order valence-corrected chi connectivity index (χ1v) is 4.89. The van der Waals surface area contributed by atoms with Gasteiger partial charge in [0.2, 0.25) is 0 Å². The van der Waals surface area contributed by atoms with E-state index < -0.39 is 6.10 Å². The molecule has 0 radical (unpaired) electrons. The highest BCUT2D eigenvalue weighted by Gasteiger charge is 2.51. The van der Waals surface area contributed by atoms with Crippen molar-refractivity contribution in [1.82, 2.24) is 14.8 Å². The highest BCUT2D eigenvalue weighted by Crippen LogP contribution is 2.52.